The summed E-state index contributed by atoms with van der Waals surface area (Å²) in [6.07, 6.45) is 2.82. The van der Waals surface area contributed by atoms with Gasteiger partial charge in [0.15, 0.2) is 0 Å². The van der Waals surface area contributed by atoms with Crippen LogP contribution in [0.3, 0.4) is 0 Å². The molecule has 0 spiro atoms. The number of carbonyl (C=O) groups excluding carboxylic acids is 3. The first kappa shape index (κ1) is 20.4. The maximum absolute atomic E-state index is 12.9. The van der Waals surface area contributed by atoms with Gasteiger partial charge in [0.25, 0.3) is 5.91 Å². The van der Waals surface area contributed by atoms with Crippen LogP contribution >= 0.6 is 0 Å². The molecule has 4 rings (SSSR count). The van der Waals surface area contributed by atoms with Crippen LogP contribution in [0.2, 0.25) is 0 Å². The van der Waals surface area contributed by atoms with Crippen LogP contribution in [0.5, 0.6) is 0 Å². The molecule has 0 bridgehead atoms. The Morgan fingerprint density at radius 2 is 2.00 bits per heavy atom. The number of furan rings is 1. The predicted molar refractivity (Wildman–Crippen MR) is 112 cm³/mol. The first-order valence-electron chi connectivity index (χ1n) is 9.96. The van der Waals surface area contributed by atoms with Crippen LogP contribution in [0.15, 0.2) is 53.1 Å². The van der Waals surface area contributed by atoms with E-state index in [9.17, 15) is 14.4 Å². The van der Waals surface area contributed by atoms with Crippen LogP contribution in [0.4, 0.5) is 10.5 Å². The molecule has 1 aliphatic heterocycles. The lowest BCUT2D eigenvalue weighted by Gasteiger charge is -2.31. The largest absolute Gasteiger partial charge is 0.461 e. The van der Waals surface area contributed by atoms with Gasteiger partial charge in [-0.25, -0.2) is 9.78 Å². The topological polar surface area (TPSA) is 128 Å². The Balaban J connectivity index is 1.42. The number of aromatic nitrogens is 1. The molecule has 1 fully saturated rings. The van der Waals surface area contributed by atoms with Crippen molar-refractivity contribution in [1.29, 1.82) is 0 Å². The minimum Gasteiger partial charge on any atom is -0.461 e. The Morgan fingerprint density at radius 1 is 1.19 bits per heavy atom. The van der Waals surface area contributed by atoms with Crippen molar-refractivity contribution in [2.75, 3.05) is 18.4 Å². The zero-order valence-electron chi connectivity index (χ0n) is 16.7. The lowest BCUT2D eigenvalue weighted by atomic mass is 9.98. The first-order chi connectivity index (χ1) is 15.0. The van der Waals surface area contributed by atoms with E-state index in [1.807, 2.05) is 30.3 Å². The Morgan fingerprint density at radius 3 is 2.77 bits per heavy atom. The zero-order valence-corrected chi connectivity index (χ0v) is 16.7. The number of carbonyl (C=O) groups is 3. The first-order valence-corrected chi connectivity index (χ1v) is 9.96. The number of ether oxygens (including phenoxy) is 1. The second-order valence-corrected chi connectivity index (χ2v) is 7.34. The van der Waals surface area contributed by atoms with Crippen molar-refractivity contribution < 1.29 is 23.5 Å². The standard InChI is InChI=1S/C22H22N4O5/c23-19(27)18-17(16-9-4-10-24-20(16)31-18)25-22(29)26-11-5-8-15(12-26)21(28)30-13-14-6-2-1-3-7-14/h1-4,6-7,9-10,15H,5,8,11-13H2,(H2,23,27)(H,25,29). The summed E-state index contributed by atoms with van der Waals surface area (Å²) in [4.78, 5) is 42.7. The highest BCUT2D eigenvalue weighted by Gasteiger charge is 2.31. The number of esters is 1. The Hall–Kier alpha value is -3.88. The van der Waals surface area contributed by atoms with E-state index in [0.717, 1.165) is 5.56 Å². The molecule has 9 heteroatoms. The van der Waals surface area contributed by atoms with Gasteiger partial charge >= 0.3 is 12.0 Å². The van der Waals surface area contributed by atoms with E-state index >= 15 is 0 Å². The smallest absolute Gasteiger partial charge is 0.321 e. The molecule has 1 unspecified atom stereocenters. The maximum atomic E-state index is 12.9. The molecule has 1 saturated heterocycles. The second-order valence-electron chi connectivity index (χ2n) is 7.34. The molecular formula is C22H22N4O5. The number of benzene rings is 1. The van der Waals surface area contributed by atoms with Crippen molar-refractivity contribution in [2.45, 2.75) is 19.4 Å². The number of primary amides is 1. The lowest BCUT2D eigenvalue weighted by Crippen LogP contribution is -2.44. The number of rotatable bonds is 5. The summed E-state index contributed by atoms with van der Waals surface area (Å²) in [5, 5.41) is 3.17. The average Bonchev–Trinajstić information content (AvgIpc) is 3.17. The molecule has 1 atom stereocenters. The SMILES string of the molecule is NC(=O)c1oc2ncccc2c1NC(=O)N1CCCC(C(=O)OCc2ccccc2)C1. The number of fused-ring (bicyclic) bond motifs is 1. The molecule has 0 radical (unpaired) electrons. The van der Waals surface area contributed by atoms with Crippen molar-refractivity contribution in [1.82, 2.24) is 9.88 Å². The van der Waals surface area contributed by atoms with Gasteiger partial charge in [-0.15, -0.1) is 0 Å². The number of nitrogens with one attached hydrogen (secondary N) is 1. The number of pyridine rings is 1. The van der Waals surface area contributed by atoms with Crippen LogP contribution in [0.1, 0.15) is 29.0 Å². The molecule has 0 aliphatic carbocycles. The van der Waals surface area contributed by atoms with Gasteiger partial charge in [-0.2, -0.15) is 0 Å². The van der Waals surface area contributed by atoms with Gasteiger partial charge in [0.2, 0.25) is 11.5 Å². The maximum Gasteiger partial charge on any atom is 0.321 e. The molecule has 3 heterocycles. The summed E-state index contributed by atoms with van der Waals surface area (Å²) >= 11 is 0. The van der Waals surface area contributed by atoms with Crippen molar-refractivity contribution in [3.05, 3.63) is 60.0 Å². The molecular weight excluding hydrogens is 400 g/mol. The van der Waals surface area contributed by atoms with Crippen molar-refractivity contribution in [3.8, 4) is 0 Å². The van der Waals surface area contributed by atoms with Crippen LogP contribution in [0.25, 0.3) is 11.1 Å². The molecule has 2 aromatic heterocycles. The number of hydrogen-bond acceptors (Lipinski definition) is 6. The number of likely N-dealkylation sites (tertiary alicyclic amines) is 1. The fourth-order valence-corrected chi connectivity index (χ4v) is 3.62. The minimum atomic E-state index is -0.811. The van der Waals surface area contributed by atoms with Crippen molar-refractivity contribution in [2.24, 2.45) is 11.7 Å². The number of piperidine rings is 1. The fraction of sp³-hybridized carbons (Fsp3) is 0.273. The molecule has 31 heavy (non-hydrogen) atoms. The fourth-order valence-electron chi connectivity index (χ4n) is 3.62. The van der Waals surface area contributed by atoms with Gasteiger partial charge < -0.3 is 25.1 Å². The van der Waals surface area contributed by atoms with Gasteiger partial charge in [-0.1, -0.05) is 30.3 Å². The molecule has 3 amide bonds. The van der Waals surface area contributed by atoms with Crippen LogP contribution in [0, 0.1) is 5.92 Å². The Bertz CT molecular complexity index is 1110. The summed E-state index contributed by atoms with van der Waals surface area (Å²) in [5.41, 5.74) is 6.67. The second kappa shape index (κ2) is 8.86. The third-order valence-electron chi connectivity index (χ3n) is 5.19. The van der Waals surface area contributed by atoms with E-state index in [1.165, 1.54) is 11.1 Å². The molecule has 3 N–H and O–H groups in total. The molecule has 9 nitrogen and oxygen atoms in total. The van der Waals surface area contributed by atoms with E-state index in [-0.39, 0.29) is 36.3 Å². The highest BCUT2D eigenvalue weighted by molar-refractivity contribution is 6.09. The van der Waals surface area contributed by atoms with Gasteiger partial charge in [-0.3, -0.25) is 9.59 Å². The van der Waals surface area contributed by atoms with Crippen LogP contribution in [-0.4, -0.2) is 40.9 Å². The summed E-state index contributed by atoms with van der Waals surface area (Å²) in [6, 6.07) is 12.3. The summed E-state index contributed by atoms with van der Waals surface area (Å²) in [7, 11) is 0. The normalized spacial score (nSPS) is 16.1. The van der Waals surface area contributed by atoms with Crippen molar-refractivity contribution in [3.63, 3.8) is 0 Å². The van der Waals surface area contributed by atoms with Gasteiger partial charge in [0.05, 0.1) is 11.3 Å². The summed E-state index contributed by atoms with van der Waals surface area (Å²) < 4.78 is 10.8. The highest BCUT2D eigenvalue weighted by atomic mass is 16.5. The Kier molecular flexibility index (Phi) is 5.83. The predicted octanol–water partition coefficient (Wildman–Crippen LogP) is 2.91. The minimum absolute atomic E-state index is 0.169. The monoisotopic (exact) mass is 422 g/mol. The summed E-state index contributed by atoms with van der Waals surface area (Å²) in [5.74, 6) is -1.73. The number of nitrogens with zero attached hydrogens (tertiary/aromatic N) is 2. The van der Waals surface area contributed by atoms with Gasteiger partial charge in [0.1, 0.15) is 12.3 Å². The highest BCUT2D eigenvalue weighted by Crippen LogP contribution is 2.30. The summed E-state index contributed by atoms with van der Waals surface area (Å²) in [6.45, 7) is 0.895. The van der Waals surface area contributed by atoms with Gasteiger partial charge in [-0.05, 0) is 30.5 Å². The van der Waals surface area contributed by atoms with Crippen LogP contribution in [-0.2, 0) is 16.1 Å². The third kappa shape index (κ3) is 4.50. The third-order valence-corrected chi connectivity index (χ3v) is 5.19. The van der Waals surface area contributed by atoms with Crippen LogP contribution < -0.4 is 11.1 Å². The van der Waals surface area contributed by atoms with Crippen molar-refractivity contribution >= 4 is 34.7 Å². The van der Waals surface area contributed by atoms with E-state index in [0.29, 0.717) is 24.8 Å². The van der Waals surface area contributed by atoms with Gasteiger partial charge in [0, 0.05) is 19.3 Å². The van der Waals surface area contributed by atoms with E-state index in [2.05, 4.69) is 10.3 Å². The molecule has 160 valence electrons. The number of nitrogens with two attached hydrogens (primary N) is 1. The molecule has 1 aromatic carbocycles. The van der Waals surface area contributed by atoms with E-state index in [4.69, 9.17) is 14.9 Å². The molecule has 3 aromatic rings. The number of amides is 3. The van der Waals surface area contributed by atoms with E-state index in [1.54, 1.807) is 12.1 Å². The number of urea groups is 1. The number of anilines is 1. The Labute approximate surface area is 178 Å². The number of hydrogen-bond donors (Lipinski definition) is 2. The lowest BCUT2D eigenvalue weighted by molar-refractivity contribution is -0.151. The van der Waals surface area contributed by atoms with E-state index < -0.39 is 17.9 Å². The zero-order chi connectivity index (χ0) is 21.8. The molecule has 0 saturated carbocycles. The quantitative estimate of drug-likeness (QED) is 0.609. The molecule has 1 aliphatic rings. The average molecular weight is 422 g/mol.